The van der Waals surface area contributed by atoms with Crippen molar-refractivity contribution in [3.05, 3.63) is 50.6 Å². The van der Waals surface area contributed by atoms with Crippen LogP contribution in [0.4, 0.5) is 22.7 Å². The monoisotopic (exact) mass is 380 g/mol. The molecular formula is C12H8N6O7S. The first-order chi connectivity index (χ1) is 12.2. The first-order valence-electron chi connectivity index (χ1n) is 6.66. The van der Waals surface area contributed by atoms with Crippen molar-refractivity contribution in [2.45, 2.75) is 4.90 Å². The van der Waals surface area contributed by atoms with Crippen molar-refractivity contribution < 1.29 is 22.9 Å². The van der Waals surface area contributed by atoms with Crippen molar-refractivity contribution in [2.75, 3.05) is 5.32 Å². The quantitative estimate of drug-likeness (QED) is 0.482. The molecule has 2 aromatic carbocycles. The molecule has 0 spiro atoms. The SMILES string of the molecule is NS(=O)(=O)c1ccc(Nc2c([N+](=O)[O-])cc([N+](=O)[O-])c3nonc23)cc1. The molecule has 26 heavy (non-hydrogen) atoms. The molecule has 0 saturated carbocycles. The zero-order valence-corrected chi connectivity index (χ0v) is 13.3. The number of anilines is 2. The van der Waals surface area contributed by atoms with Gasteiger partial charge in [0.25, 0.3) is 0 Å². The van der Waals surface area contributed by atoms with E-state index in [1.54, 1.807) is 0 Å². The topological polar surface area (TPSA) is 197 Å². The number of hydrogen-bond acceptors (Lipinski definition) is 10. The molecule has 0 saturated heterocycles. The number of primary sulfonamides is 1. The van der Waals surface area contributed by atoms with Crippen LogP contribution >= 0.6 is 0 Å². The minimum absolute atomic E-state index is 0.158. The third-order valence-electron chi connectivity index (χ3n) is 3.34. The van der Waals surface area contributed by atoms with Crippen LogP contribution < -0.4 is 10.5 Å². The molecule has 1 heterocycles. The van der Waals surface area contributed by atoms with Crippen LogP contribution in [0.3, 0.4) is 0 Å². The second-order valence-corrected chi connectivity index (χ2v) is 6.52. The van der Waals surface area contributed by atoms with E-state index in [-0.39, 0.29) is 27.3 Å². The molecule has 0 aliphatic heterocycles. The van der Waals surface area contributed by atoms with Crippen molar-refractivity contribution in [3.63, 3.8) is 0 Å². The molecule has 0 bridgehead atoms. The lowest BCUT2D eigenvalue weighted by Crippen LogP contribution is -2.11. The largest absolute Gasteiger partial charge is 0.348 e. The predicted octanol–water partition coefficient (Wildman–Crippen LogP) is 1.43. The van der Waals surface area contributed by atoms with Gasteiger partial charge in [0.15, 0.2) is 5.52 Å². The molecule has 1 aromatic heterocycles. The highest BCUT2D eigenvalue weighted by Crippen LogP contribution is 2.39. The fourth-order valence-electron chi connectivity index (χ4n) is 2.19. The molecule has 134 valence electrons. The van der Waals surface area contributed by atoms with E-state index in [4.69, 9.17) is 5.14 Å². The number of rotatable bonds is 5. The zero-order valence-electron chi connectivity index (χ0n) is 12.5. The van der Waals surface area contributed by atoms with Crippen LogP contribution in [0.15, 0.2) is 39.9 Å². The Morgan fingerprint density at radius 2 is 1.58 bits per heavy atom. The van der Waals surface area contributed by atoms with Gasteiger partial charge in [-0.2, -0.15) is 0 Å². The van der Waals surface area contributed by atoms with Gasteiger partial charge in [-0.25, -0.2) is 18.2 Å². The standard InChI is InChI=1S/C12H8N6O7S/c13-26(23,24)7-3-1-6(2-4-7)14-10-8(17(19)20)5-9(18(21)22)11-12(10)16-25-15-11/h1-5,14H,(H2,13,23,24). The highest BCUT2D eigenvalue weighted by molar-refractivity contribution is 7.89. The molecule has 0 radical (unpaired) electrons. The van der Waals surface area contributed by atoms with Crippen LogP contribution in [-0.4, -0.2) is 28.6 Å². The number of nitrogens with two attached hydrogens (primary N) is 1. The van der Waals surface area contributed by atoms with Gasteiger partial charge in [-0.05, 0) is 34.6 Å². The summed E-state index contributed by atoms with van der Waals surface area (Å²) in [5.74, 6) is 0. The first-order valence-corrected chi connectivity index (χ1v) is 8.21. The van der Waals surface area contributed by atoms with Crippen LogP contribution in [-0.2, 0) is 10.0 Å². The van der Waals surface area contributed by atoms with Gasteiger partial charge >= 0.3 is 11.4 Å². The number of sulfonamides is 1. The van der Waals surface area contributed by atoms with E-state index >= 15 is 0 Å². The Labute approximate surface area is 143 Å². The molecule has 0 aliphatic rings. The molecule has 3 aromatic rings. The summed E-state index contributed by atoms with van der Waals surface area (Å²) < 4.78 is 27.0. The van der Waals surface area contributed by atoms with Gasteiger partial charge in [-0.3, -0.25) is 20.2 Å². The zero-order chi connectivity index (χ0) is 19.1. The van der Waals surface area contributed by atoms with Crippen molar-refractivity contribution in [2.24, 2.45) is 5.14 Å². The van der Waals surface area contributed by atoms with E-state index < -0.39 is 31.2 Å². The number of nitro groups is 2. The van der Waals surface area contributed by atoms with E-state index in [2.05, 4.69) is 20.3 Å². The van der Waals surface area contributed by atoms with Crippen LogP contribution in [0.5, 0.6) is 0 Å². The molecule has 0 atom stereocenters. The van der Waals surface area contributed by atoms with Gasteiger partial charge in [0.2, 0.25) is 15.5 Å². The Morgan fingerprint density at radius 1 is 1.00 bits per heavy atom. The third-order valence-corrected chi connectivity index (χ3v) is 4.27. The highest BCUT2D eigenvalue weighted by atomic mass is 32.2. The number of non-ortho nitro benzene ring substituents is 1. The summed E-state index contributed by atoms with van der Waals surface area (Å²) in [5.41, 5.74) is -1.71. The minimum Gasteiger partial charge on any atom is -0.348 e. The van der Waals surface area contributed by atoms with E-state index in [1.165, 1.54) is 24.3 Å². The number of nitro benzene ring substituents is 2. The lowest BCUT2D eigenvalue weighted by atomic mass is 10.2. The van der Waals surface area contributed by atoms with E-state index in [9.17, 15) is 28.6 Å². The Hall–Kier alpha value is -3.65. The van der Waals surface area contributed by atoms with Gasteiger partial charge in [0, 0.05) is 5.69 Å². The van der Waals surface area contributed by atoms with Crippen molar-refractivity contribution in [3.8, 4) is 0 Å². The van der Waals surface area contributed by atoms with Gasteiger partial charge < -0.3 is 5.32 Å². The number of aromatic nitrogens is 2. The fraction of sp³-hybridized carbons (Fsp3) is 0. The van der Waals surface area contributed by atoms with Gasteiger partial charge in [0.05, 0.1) is 20.8 Å². The maximum Gasteiger partial charge on any atom is 0.307 e. The normalized spacial score (nSPS) is 11.4. The van der Waals surface area contributed by atoms with Crippen LogP contribution in [0, 0.1) is 20.2 Å². The van der Waals surface area contributed by atoms with Crippen LogP contribution in [0.25, 0.3) is 11.0 Å². The number of nitrogens with one attached hydrogen (secondary N) is 1. The summed E-state index contributed by atoms with van der Waals surface area (Å²) in [4.78, 5) is 20.5. The maximum absolute atomic E-state index is 11.3. The Kier molecular flexibility index (Phi) is 3.97. The van der Waals surface area contributed by atoms with Crippen LogP contribution in [0.2, 0.25) is 0 Å². The Morgan fingerprint density at radius 3 is 2.12 bits per heavy atom. The Bertz CT molecular complexity index is 1140. The van der Waals surface area contributed by atoms with Gasteiger partial charge in [-0.15, -0.1) is 0 Å². The molecule has 0 fully saturated rings. The molecular weight excluding hydrogens is 372 g/mol. The molecule has 3 N–H and O–H groups in total. The summed E-state index contributed by atoms with van der Waals surface area (Å²) in [6.07, 6.45) is 0. The second-order valence-electron chi connectivity index (χ2n) is 4.96. The van der Waals surface area contributed by atoms with Gasteiger partial charge in [-0.1, -0.05) is 0 Å². The third kappa shape index (κ3) is 3.01. The molecule has 13 nitrogen and oxygen atoms in total. The highest BCUT2D eigenvalue weighted by Gasteiger charge is 2.29. The average Bonchev–Trinajstić information content (AvgIpc) is 3.03. The van der Waals surface area contributed by atoms with Crippen molar-refractivity contribution in [1.82, 2.24) is 10.3 Å². The fourth-order valence-corrected chi connectivity index (χ4v) is 2.71. The number of nitrogens with zero attached hydrogens (tertiary/aromatic N) is 4. The second kappa shape index (κ2) is 6.01. The van der Waals surface area contributed by atoms with Crippen LogP contribution in [0.1, 0.15) is 0 Å². The van der Waals surface area contributed by atoms with E-state index in [0.29, 0.717) is 0 Å². The van der Waals surface area contributed by atoms with Crippen molar-refractivity contribution >= 4 is 43.8 Å². The summed E-state index contributed by atoms with van der Waals surface area (Å²) in [7, 11) is -3.90. The predicted molar refractivity (Wildman–Crippen MR) is 86.2 cm³/mol. The summed E-state index contributed by atoms with van der Waals surface area (Å²) >= 11 is 0. The average molecular weight is 380 g/mol. The van der Waals surface area contributed by atoms with Gasteiger partial charge in [0.1, 0.15) is 5.69 Å². The van der Waals surface area contributed by atoms with E-state index in [0.717, 1.165) is 6.07 Å². The van der Waals surface area contributed by atoms with Crippen molar-refractivity contribution in [1.29, 1.82) is 0 Å². The maximum atomic E-state index is 11.3. The Balaban J connectivity index is 2.14. The summed E-state index contributed by atoms with van der Waals surface area (Å²) in [5, 5.41) is 36.9. The first kappa shape index (κ1) is 17.2. The summed E-state index contributed by atoms with van der Waals surface area (Å²) in [6.45, 7) is 0. The lowest BCUT2D eigenvalue weighted by molar-refractivity contribution is -0.392. The number of fused-ring (bicyclic) bond motifs is 1. The molecule has 0 unspecified atom stereocenters. The molecule has 0 amide bonds. The molecule has 14 heteroatoms. The lowest BCUT2D eigenvalue weighted by Gasteiger charge is -2.08. The minimum atomic E-state index is -3.90. The summed E-state index contributed by atoms with van der Waals surface area (Å²) in [6, 6.07) is 5.72. The number of hydrogen-bond donors (Lipinski definition) is 2. The van der Waals surface area contributed by atoms with E-state index in [1.807, 2.05) is 0 Å². The molecule has 3 rings (SSSR count). The smallest absolute Gasteiger partial charge is 0.307 e. The number of benzene rings is 2. The molecule has 0 aliphatic carbocycles.